The highest BCUT2D eigenvalue weighted by molar-refractivity contribution is 5.98. The SMILES string of the molecule is O=C(NCCn1nc(-c2ccc(F)cc2)ccc1=O)c1ccc2ccccc2c1. The number of hydrogen-bond acceptors (Lipinski definition) is 3. The summed E-state index contributed by atoms with van der Waals surface area (Å²) in [6, 6.07) is 22.2. The summed E-state index contributed by atoms with van der Waals surface area (Å²) in [7, 11) is 0. The molecule has 0 aliphatic heterocycles. The van der Waals surface area contributed by atoms with Gasteiger partial charge in [0.15, 0.2) is 0 Å². The number of nitrogens with zero attached hydrogens (tertiary/aromatic N) is 2. The summed E-state index contributed by atoms with van der Waals surface area (Å²) in [6.07, 6.45) is 0. The van der Waals surface area contributed by atoms with Crippen molar-refractivity contribution in [3.05, 3.63) is 101 Å². The van der Waals surface area contributed by atoms with Crippen LogP contribution >= 0.6 is 0 Å². The summed E-state index contributed by atoms with van der Waals surface area (Å²) in [5, 5.41) is 9.19. The van der Waals surface area contributed by atoms with Crippen molar-refractivity contribution in [2.45, 2.75) is 6.54 Å². The van der Waals surface area contributed by atoms with Crippen LogP contribution < -0.4 is 10.9 Å². The molecule has 0 fully saturated rings. The highest BCUT2D eigenvalue weighted by atomic mass is 19.1. The van der Waals surface area contributed by atoms with Crippen LogP contribution in [0.1, 0.15) is 10.4 Å². The Morgan fingerprint density at radius 1 is 0.931 bits per heavy atom. The number of fused-ring (bicyclic) bond motifs is 1. The van der Waals surface area contributed by atoms with Crippen molar-refractivity contribution < 1.29 is 9.18 Å². The number of carbonyl (C=O) groups is 1. The Kier molecular flexibility index (Phi) is 5.16. The first-order valence-corrected chi connectivity index (χ1v) is 9.21. The van der Waals surface area contributed by atoms with E-state index in [0.29, 0.717) is 16.8 Å². The van der Waals surface area contributed by atoms with E-state index in [1.54, 1.807) is 24.3 Å². The zero-order valence-corrected chi connectivity index (χ0v) is 15.5. The zero-order chi connectivity index (χ0) is 20.2. The standard InChI is InChI=1S/C23H18FN3O2/c24-20-9-7-17(8-10-20)21-11-12-22(28)27(26-21)14-13-25-23(29)19-6-5-16-3-1-2-4-18(16)15-19/h1-12,15H,13-14H2,(H,25,29). The molecule has 0 bridgehead atoms. The average molecular weight is 387 g/mol. The normalized spacial score (nSPS) is 10.8. The molecule has 4 rings (SSSR count). The van der Waals surface area contributed by atoms with E-state index in [9.17, 15) is 14.0 Å². The van der Waals surface area contributed by atoms with Crippen molar-refractivity contribution in [1.29, 1.82) is 0 Å². The molecule has 0 saturated carbocycles. The zero-order valence-electron chi connectivity index (χ0n) is 15.5. The van der Waals surface area contributed by atoms with E-state index in [4.69, 9.17) is 0 Å². The Balaban J connectivity index is 1.44. The largest absolute Gasteiger partial charge is 0.350 e. The van der Waals surface area contributed by atoms with Gasteiger partial charge < -0.3 is 5.32 Å². The summed E-state index contributed by atoms with van der Waals surface area (Å²) in [5.74, 6) is -0.544. The quantitative estimate of drug-likeness (QED) is 0.569. The lowest BCUT2D eigenvalue weighted by molar-refractivity contribution is 0.0952. The molecule has 1 amide bonds. The number of amides is 1. The van der Waals surface area contributed by atoms with Crippen LogP contribution in [0.5, 0.6) is 0 Å². The topological polar surface area (TPSA) is 64.0 Å². The Bertz CT molecular complexity index is 1230. The van der Waals surface area contributed by atoms with Crippen LogP contribution in [-0.2, 0) is 6.54 Å². The minimum absolute atomic E-state index is 0.210. The monoisotopic (exact) mass is 387 g/mol. The Hall–Kier alpha value is -3.80. The summed E-state index contributed by atoms with van der Waals surface area (Å²) in [4.78, 5) is 24.5. The molecule has 0 unspecified atom stereocenters. The molecule has 1 heterocycles. The minimum Gasteiger partial charge on any atom is -0.350 e. The van der Waals surface area contributed by atoms with E-state index < -0.39 is 0 Å². The van der Waals surface area contributed by atoms with E-state index in [2.05, 4.69) is 10.4 Å². The molecule has 144 valence electrons. The van der Waals surface area contributed by atoms with Crippen LogP contribution in [0.4, 0.5) is 4.39 Å². The first-order chi connectivity index (χ1) is 14.1. The second-order valence-electron chi connectivity index (χ2n) is 6.60. The van der Waals surface area contributed by atoms with Crippen LogP contribution in [0, 0.1) is 5.82 Å². The van der Waals surface area contributed by atoms with Gasteiger partial charge in [0.25, 0.3) is 11.5 Å². The molecule has 5 nitrogen and oxygen atoms in total. The van der Waals surface area contributed by atoms with Gasteiger partial charge in [-0.2, -0.15) is 5.10 Å². The Morgan fingerprint density at radius 2 is 1.69 bits per heavy atom. The molecular weight excluding hydrogens is 369 g/mol. The van der Waals surface area contributed by atoms with E-state index in [-0.39, 0.29) is 30.4 Å². The van der Waals surface area contributed by atoms with Gasteiger partial charge >= 0.3 is 0 Å². The van der Waals surface area contributed by atoms with Gasteiger partial charge in [0.05, 0.1) is 12.2 Å². The van der Waals surface area contributed by atoms with Gasteiger partial charge in [0.2, 0.25) is 0 Å². The summed E-state index contributed by atoms with van der Waals surface area (Å²) >= 11 is 0. The van der Waals surface area contributed by atoms with Crippen molar-refractivity contribution in [2.75, 3.05) is 6.54 Å². The Morgan fingerprint density at radius 3 is 2.48 bits per heavy atom. The highest BCUT2D eigenvalue weighted by Crippen LogP contribution is 2.16. The summed E-state index contributed by atoms with van der Waals surface area (Å²) < 4.78 is 14.4. The molecule has 4 aromatic rings. The van der Waals surface area contributed by atoms with Gasteiger partial charge in [-0.3, -0.25) is 9.59 Å². The van der Waals surface area contributed by atoms with E-state index in [1.807, 2.05) is 36.4 Å². The molecular formula is C23H18FN3O2. The molecule has 0 aliphatic carbocycles. The molecule has 0 saturated heterocycles. The summed E-state index contributed by atoms with van der Waals surface area (Å²) in [5.41, 5.74) is 1.56. The van der Waals surface area contributed by atoms with E-state index >= 15 is 0 Å². The maximum atomic E-state index is 13.1. The van der Waals surface area contributed by atoms with Crippen LogP contribution in [0.15, 0.2) is 83.7 Å². The van der Waals surface area contributed by atoms with Crippen molar-refractivity contribution in [2.24, 2.45) is 0 Å². The fourth-order valence-electron chi connectivity index (χ4n) is 3.09. The number of carbonyl (C=O) groups excluding carboxylic acids is 1. The van der Waals surface area contributed by atoms with Gasteiger partial charge in [0.1, 0.15) is 5.82 Å². The third kappa shape index (κ3) is 4.21. The second kappa shape index (κ2) is 8.06. The van der Waals surface area contributed by atoms with Gasteiger partial charge in [-0.1, -0.05) is 30.3 Å². The number of halogens is 1. The molecule has 0 spiro atoms. The number of aromatic nitrogens is 2. The molecule has 1 aromatic heterocycles. The number of rotatable bonds is 5. The molecule has 0 radical (unpaired) electrons. The number of benzene rings is 3. The van der Waals surface area contributed by atoms with Crippen molar-refractivity contribution in [3.63, 3.8) is 0 Å². The molecule has 3 aromatic carbocycles. The predicted octanol–water partition coefficient (Wildman–Crippen LogP) is 3.63. The van der Waals surface area contributed by atoms with Crippen LogP contribution in [0.3, 0.4) is 0 Å². The van der Waals surface area contributed by atoms with Gasteiger partial charge in [0, 0.05) is 23.7 Å². The van der Waals surface area contributed by atoms with Gasteiger partial charge in [-0.25, -0.2) is 9.07 Å². The molecule has 6 heteroatoms. The third-order valence-corrected chi connectivity index (χ3v) is 4.63. The van der Waals surface area contributed by atoms with Crippen LogP contribution in [0.2, 0.25) is 0 Å². The smallest absolute Gasteiger partial charge is 0.266 e. The van der Waals surface area contributed by atoms with Crippen molar-refractivity contribution >= 4 is 16.7 Å². The second-order valence-corrected chi connectivity index (χ2v) is 6.60. The maximum absolute atomic E-state index is 13.1. The fourth-order valence-corrected chi connectivity index (χ4v) is 3.09. The minimum atomic E-state index is -0.335. The lowest BCUT2D eigenvalue weighted by atomic mass is 10.1. The average Bonchev–Trinajstić information content (AvgIpc) is 2.75. The first-order valence-electron chi connectivity index (χ1n) is 9.21. The van der Waals surface area contributed by atoms with Crippen LogP contribution in [0.25, 0.3) is 22.0 Å². The maximum Gasteiger partial charge on any atom is 0.266 e. The first kappa shape index (κ1) is 18.6. The van der Waals surface area contributed by atoms with Gasteiger partial charge in [-0.05, 0) is 53.2 Å². The summed E-state index contributed by atoms with van der Waals surface area (Å²) in [6.45, 7) is 0.485. The van der Waals surface area contributed by atoms with Gasteiger partial charge in [-0.15, -0.1) is 0 Å². The predicted molar refractivity (Wildman–Crippen MR) is 110 cm³/mol. The van der Waals surface area contributed by atoms with E-state index in [1.165, 1.54) is 22.9 Å². The number of hydrogen-bond donors (Lipinski definition) is 1. The third-order valence-electron chi connectivity index (χ3n) is 4.63. The molecule has 0 aliphatic rings. The van der Waals surface area contributed by atoms with E-state index in [0.717, 1.165) is 10.8 Å². The number of nitrogens with one attached hydrogen (secondary N) is 1. The lowest BCUT2D eigenvalue weighted by Crippen LogP contribution is -2.31. The highest BCUT2D eigenvalue weighted by Gasteiger charge is 2.08. The molecule has 1 N–H and O–H groups in total. The Labute approximate surface area is 166 Å². The fraction of sp³-hybridized carbons (Fsp3) is 0.0870. The lowest BCUT2D eigenvalue weighted by Gasteiger charge is -2.09. The molecule has 0 atom stereocenters. The van der Waals surface area contributed by atoms with Crippen molar-refractivity contribution in [1.82, 2.24) is 15.1 Å². The molecule has 29 heavy (non-hydrogen) atoms. The van der Waals surface area contributed by atoms with Crippen LogP contribution in [-0.4, -0.2) is 22.2 Å². The van der Waals surface area contributed by atoms with Crippen molar-refractivity contribution in [3.8, 4) is 11.3 Å².